The lowest BCUT2D eigenvalue weighted by Crippen LogP contribution is -2.37. The van der Waals surface area contributed by atoms with E-state index in [1.807, 2.05) is 7.05 Å². The van der Waals surface area contributed by atoms with Crippen LogP contribution in [0.25, 0.3) is 0 Å². The first-order valence-corrected chi connectivity index (χ1v) is 3.89. The lowest BCUT2D eigenvalue weighted by Gasteiger charge is -2.21. The van der Waals surface area contributed by atoms with Crippen molar-refractivity contribution >= 4 is 0 Å². The third kappa shape index (κ3) is 1.50. The number of hydrogen-bond donors (Lipinski definition) is 1. The third-order valence-electron chi connectivity index (χ3n) is 2.56. The van der Waals surface area contributed by atoms with Crippen LogP contribution >= 0.6 is 0 Å². The lowest BCUT2D eigenvalue weighted by atomic mass is 10.0. The van der Waals surface area contributed by atoms with E-state index in [2.05, 4.69) is 12.2 Å². The van der Waals surface area contributed by atoms with Gasteiger partial charge in [-0.3, -0.25) is 0 Å². The van der Waals surface area contributed by atoms with Gasteiger partial charge in [0, 0.05) is 13.2 Å². The number of nitrogens with one attached hydrogen (secondary N) is 1. The second-order valence-electron chi connectivity index (χ2n) is 3.45. The summed E-state index contributed by atoms with van der Waals surface area (Å²) in [6.45, 7) is 3.15. The van der Waals surface area contributed by atoms with Crippen LogP contribution in [0, 0.1) is 5.41 Å². The first kappa shape index (κ1) is 8.02. The van der Waals surface area contributed by atoms with Crippen molar-refractivity contribution in [1.29, 1.82) is 0 Å². The van der Waals surface area contributed by atoms with Gasteiger partial charge in [0.15, 0.2) is 0 Å². The van der Waals surface area contributed by atoms with Crippen molar-refractivity contribution in [3.63, 3.8) is 0 Å². The minimum atomic E-state index is 0.532. The van der Waals surface area contributed by atoms with Crippen LogP contribution in [0.2, 0.25) is 0 Å². The molecule has 1 saturated carbocycles. The van der Waals surface area contributed by atoms with Crippen molar-refractivity contribution in [1.82, 2.24) is 5.32 Å². The number of rotatable bonds is 4. The minimum Gasteiger partial charge on any atom is -0.383 e. The second kappa shape index (κ2) is 2.89. The van der Waals surface area contributed by atoms with Crippen molar-refractivity contribution in [2.45, 2.75) is 25.8 Å². The molecule has 1 unspecified atom stereocenters. The van der Waals surface area contributed by atoms with Crippen molar-refractivity contribution in [2.75, 3.05) is 20.8 Å². The molecular weight excluding hydrogens is 126 g/mol. The Kier molecular flexibility index (Phi) is 2.32. The van der Waals surface area contributed by atoms with Gasteiger partial charge in [-0.25, -0.2) is 0 Å². The van der Waals surface area contributed by atoms with Gasteiger partial charge in [-0.2, -0.15) is 0 Å². The predicted octanol–water partition coefficient (Wildman–Crippen LogP) is 1.02. The maximum atomic E-state index is 5.10. The molecule has 10 heavy (non-hydrogen) atoms. The fourth-order valence-corrected chi connectivity index (χ4v) is 1.35. The van der Waals surface area contributed by atoms with Gasteiger partial charge in [0.25, 0.3) is 0 Å². The van der Waals surface area contributed by atoms with E-state index >= 15 is 0 Å². The first-order chi connectivity index (χ1) is 4.73. The van der Waals surface area contributed by atoms with Crippen molar-refractivity contribution in [3.8, 4) is 0 Å². The van der Waals surface area contributed by atoms with Gasteiger partial charge in [0.1, 0.15) is 0 Å². The van der Waals surface area contributed by atoms with E-state index in [9.17, 15) is 0 Å². The van der Waals surface area contributed by atoms with Crippen LogP contribution in [0.1, 0.15) is 19.8 Å². The molecule has 0 spiro atoms. The van der Waals surface area contributed by atoms with Crippen LogP contribution in [0.4, 0.5) is 0 Å². The van der Waals surface area contributed by atoms with E-state index in [-0.39, 0.29) is 0 Å². The third-order valence-corrected chi connectivity index (χ3v) is 2.56. The number of likely N-dealkylation sites (N-methyl/N-ethyl adjacent to an activating group) is 1. The summed E-state index contributed by atoms with van der Waals surface area (Å²) >= 11 is 0. The second-order valence-corrected chi connectivity index (χ2v) is 3.45. The molecule has 1 aliphatic carbocycles. The zero-order valence-electron chi connectivity index (χ0n) is 7.11. The fourth-order valence-electron chi connectivity index (χ4n) is 1.35. The van der Waals surface area contributed by atoms with Crippen LogP contribution in [0.5, 0.6) is 0 Å². The van der Waals surface area contributed by atoms with Gasteiger partial charge >= 0.3 is 0 Å². The molecule has 60 valence electrons. The molecule has 1 atom stereocenters. The van der Waals surface area contributed by atoms with Gasteiger partial charge < -0.3 is 10.1 Å². The van der Waals surface area contributed by atoms with E-state index in [0.29, 0.717) is 11.5 Å². The molecule has 0 bridgehead atoms. The Morgan fingerprint density at radius 1 is 1.60 bits per heavy atom. The smallest absolute Gasteiger partial charge is 0.0621 e. The van der Waals surface area contributed by atoms with E-state index in [0.717, 1.165) is 6.61 Å². The highest BCUT2D eigenvalue weighted by Gasteiger charge is 2.43. The van der Waals surface area contributed by atoms with Gasteiger partial charge in [-0.15, -0.1) is 0 Å². The highest BCUT2D eigenvalue weighted by Crippen LogP contribution is 2.47. The van der Waals surface area contributed by atoms with Crippen LogP contribution < -0.4 is 5.32 Å². The Morgan fingerprint density at radius 2 is 2.20 bits per heavy atom. The van der Waals surface area contributed by atoms with Gasteiger partial charge in [0.2, 0.25) is 0 Å². The van der Waals surface area contributed by atoms with Crippen molar-refractivity contribution in [3.05, 3.63) is 0 Å². The number of hydrogen-bond acceptors (Lipinski definition) is 2. The van der Waals surface area contributed by atoms with Crippen LogP contribution in [0.3, 0.4) is 0 Å². The molecule has 2 nitrogen and oxygen atoms in total. The Morgan fingerprint density at radius 3 is 2.50 bits per heavy atom. The average Bonchev–Trinajstić information content (AvgIpc) is 2.64. The molecule has 0 heterocycles. The predicted molar refractivity (Wildman–Crippen MR) is 42.1 cm³/mol. The molecule has 0 aromatic rings. The Bertz CT molecular complexity index is 110. The molecule has 1 N–H and O–H groups in total. The van der Waals surface area contributed by atoms with Crippen LogP contribution in [0.15, 0.2) is 0 Å². The standard InChI is InChI=1S/C8H17NO/c1-8(4-5-8)7(9-2)6-10-3/h7,9H,4-6H2,1-3H3. The first-order valence-electron chi connectivity index (χ1n) is 3.89. The Labute approximate surface area is 63.0 Å². The Hall–Kier alpha value is -0.0800. The highest BCUT2D eigenvalue weighted by atomic mass is 16.5. The molecule has 1 fully saturated rings. The summed E-state index contributed by atoms with van der Waals surface area (Å²) in [5.41, 5.74) is 0.532. The topological polar surface area (TPSA) is 21.3 Å². The van der Waals surface area contributed by atoms with Crippen LogP contribution in [-0.2, 0) is 4.74 Å². The van der Waals surface area contributed by atoms with Gasteiger partial charge in [0.05, 0.1) is 6.61 Å². The minimum absolute atomic E-state index is 0.532. The summed E-state index contributed by atoms with van der Waals surface area (Å²) in [4.78, 5) is 0. The summed E-state index contributed by atoms with van der Waals surface area (Å²) < 4.78 is 5.10. The zero-order valence-corrected chi connectivity index (χ0v) is 7.11. The molecule has 0 aromatic heterocycles. The maximum absolute atomic E-state index is 5.10. The summed E-state index contributed by atoms with van der Waals surface area (Å²) in [5.74, 6) is 0. The van der Waals surface area contributed by atoms with Crippen molar-refractivity contribution < 1.29 is 4.74 Å². The van der Waals surface area contributed by atoms with E-state index in [4.69, 9.17) is 4.74 Å². The molecule has 0 radical (unpaired) electrons. The quantitative estimate of drug-likeness (QED) is 0.634. The zero-order chi connectivity index (χ0) is 7.61. The molecule has 2 heteroatoms. The monoisotopic (exact) mass is 143 g/mol. The Balaban J connectivity index is 2.33. The average molecular weight is 143 g/mol. The summed E-state index contributed by atoms with van der Waals surface area (Å²) in [5, 5.41) is 3.28. The molecular formula is C8H17NO. The van der Waals surface area contributed by atoms with E-state index < -0.39 is 0 Å². The van der Waals surface area contributed by atoms with E-state index in [1.54, 1.807) is 7.11 Å². The molecule has 0 aliphatic heterocycles. The molecule has 0 aromatic carbocycles. The largest absolute Gasteiger partial charge is 0.383 e. The lowest BCUT2D eigenvalue weighted by molar-refractivity contribution is 0.141. The number of methoxy groups -OCH3 is 1. The maximum Gasteiger partial charge on any atom is 0.0621 e. The van der Waals surface area contributed by atoms with Gasteiger partial charge in [-0.1, -0.05) is 6.92 Å². The van der Waals surface area contributed by atoms with Gasteiger partial charge in [-0.05, 0) is 25.3 Å². The summed E-state index contributed by atoms with van der Waals surface area (Å²) in [6, 6.07) is 0.553. The molecule has 1 aliphatic rings. The molecule has 1 rings (SSSR count). The normalized spacial score (nSPS) is 24.3. The summed E-state index contributed by atoms with van der Waals surface area (Å²) in [7, 11) is 3.77. The molecule has 0 saturated heterocycles. The molecule has 0 amide bonds. The number of ether oxygens (including phenoxy) is 1. The van der Waals surface area contributed by atoms with Crippen LogP contribution in [-0.4, -0.2) is 26.8 Å². The summed E-state index contributed by atoms with van der Waals surface area (Å²) in [6.07, 6.45) is 2.70. The van der Waals surface area contributed by atoms with E-state index in [1.165, 1.54) is 12.8 Å². The fraction of sp³-hybridized carbons (Fsp3) is 1.00. The van der Waals surface area contributed by atoms with Crippen molar-refractivity contribution in [2.24, 2.45) is 5.41 Å². The SMILES string of the molecule is CNC(COC)C1(C)CC1. The highest BCUT2D eigenvalue weighted by molar-refractivity contribution is 4.98.